The van der Waals surface area contributed by atoms with Gasteiger partial charge in [0.25, 0.3) is 11.8 Å². The lowest BCUT2D eigenvalue weighted by Crippen LogP contribution is -2.67. The van der Waals surface area contributed by atoms with Gasteiger partial charge in [-0.05, 0) is 26.7 Å². The smallest absolute Gasteiger partial charge is 0.456 e. The van der Waals surface area contributed by atoms with Crippen LogP contribution in [0, 0.1) is 11.8 Å². The number of hydrogen-bond donors (Lipinski definition) is 0. The maximum atomic E-state index is 14.3. The summed E-state index contributed by atoms with van der Waals surface area (Å²) in [4.78, 5) is 11.8. The minimum Gasteiger partial charge on any atom is -0.456 e. The summed E-state index contributed by atoms with van der Waals surface area (Å²) in [7, 11) is 0. The van der Waals surface area contributed by atoms with Gasteiger partial charge in [0.1, 0.15) is 5.92 Å². The average molecular weight is 456 g/mol. The Morgan fingerprint density at radius 3 is 1.83 bits per heavy atom. The summed E-state index contributed by atoms with van der Waals surface area (Å²) in [5.74, 6) is -30.4. The molecule has 0 N–H and O–H groups in total. The summed E-state index contributed by atoms with van der Waals surface area (Å²) in [6.45, 7) is 0.672. The maximum absolute atomic E-state index is 14.3. The van der Waals surface area contributed by atoms with Crippen LogP contribution in [-0.2, 0) is 9.53 Å². The summed E-state index contributed by atoms with van der Waals surface area (Å²) in [5, 5.41) is 0. The Morgan fingerprint density at radius 1 is 1.00 bits per heavy atom. The monoisotopic (exact) mass is 456 g/mol. The van der Waals surface area contributed by atoms with Crippen molar-refractivity contribution in [2.75, 3.05) is 0 Å². The summed E-state index contributed by atoms with van der Waals surface area (Å²) in [5.41, 5.74) is -4.65. The van der Waals surface area contributed by atoms with Crippen molar-refractivity contribution >= 4 is 5.97 Å². The van der Waals surface area contributed by atoms with E-state index in [4.69, 9.17) is 0 Å². The third-order valence-corrected chi connectivity index (χ3v) is 5.08. The van der Waals surface area contributed by atoms with Crippen molar-refractivity contribution in [2.45, 2.75) is 75.3 Å². The normalized spacial score (nSPS) is 31.3. The number of carbonyl (C=O) groups excluding carboxylic acids is 1. The SMILES string of the molecule is CCC1CC(C(=O)OC(C)C(F)(F)C(F)(F)C(F)(F)F)C(F)(F)C(C)(F)C1(F)F. The van der Waals surface area contributed by atoms with E-state index in [1.807, 2.05) is 0 Å². The molecule has 1 rings (SSSR count). The highest BCUT2D eigenvalue weighted by molar-refractivity contribution is 5.74. The summed E-state index contributed by atoms with van der Waals surface area (Å²) in [6.07, 6.45) is -12.5. The number of carbonyl (C=O) groups is 1. The molecule has 1 saturated carbocycles. The number of alkyl halides is 12. The first-order valence-electron chi connectivity index (χ1n) is 8.08. The fraction of sp³-hybridized carbons (Fsp3) is 0.933. The molecule has 0 saturated heterocycles. The lowest BCUT2D eigenvalue weighted by atomic mass is 9.67. The molecule has 29 heavy (non-hydrogen) atoms. The second-order valence-corrected chi connectivity index (χ2v) is 6.92. The van der Waals surface area contributed by atoms with E-state index in [-0.39, 0.29) is 13.8 Å². The molecule has 0 heterocycles. The van der Waals surface area contributed by atoms with E-state index in [0.29, 0.717) is 0 Å². The highest BCUT2D eigenvalue weighted by Crippen LogP contribution is 2.58. The Hall–Kier alpha value is -1.37. The minimum absolute atomic E-state index is 0.126. The van der Waals surface area contributed by atoms with Crippen LogP contribution in [0.3, 0.4) is 0 Å². The molecule has 1 aliphatic rings. The summed E-state index contributed by atoms with van der Waals surface area (Å²) >= 11 is 0. The molecule has 0 bridgehead atoms. The van der Waals surface area contributed by atoms with Gasteiger partial charge in [-0.1, -0.05) is 6.92 Å². The zero-order valence-corrected chi connectivity index (χ0v) is 15.0. The van der Waals surface area contributed by atoms with E-state index >= 15 is 0 Å². The van der Waals surface area contributed by atoms with Crippen LogP contribution >= 0.6 is 0 Å². The van der Waals surface area contributed by atoms with Gasteiger partial charge < -0.3 is 4.74 Å². The van der Waals surface area contributed by atoms with E-state index in [1.165, 1.54) is 0 Å². The molecule has 2 nitrogen and oxygen atoms in total. The average Bonchev–Trinajstić information content (AvgIpc) is 2.52. The molecule has 4 atom stereocenters. The number of ether oxygens (including phenoxy) is 1. The van der Waals surface area contributed by atoms with E-state index in [2.05, 4.69) is 4.74 Å². The van der Waals surface area contributed by atoms with Gasteiger partial charge in [-0.3, -0.25) is 4.79 Å². The molecule has 1 aliphatic carbocycles. The first-order chi connectivity index (χ1) is 12.6. The van der Waals surface area contributed by atoms with Crippen LogP contribution < -0.4 is 0 Å². The van der Waals surface area contributed by atoms with Crippen molar-refractivity contribution in [3.8, 4) is 0 Å². The van der Waals surface area contributed by atoms with Crippen LogP contribution in [0.2, 0.25) is 0 Å². The molecule has 0 spiro atoms. The Balaban J connectivity index is 3.21. The summed E-state index contributed by atoms with van der Waals surface area (Å²) in [6, 6.07) is 0. The fourth-order valence-corrected chi connectivity index (χ4v) is 2.96. The standard InChI is InChI=1S/C15H16F12O2/c1-4-7-5-8(13(21,22)10(3,16)12(7,19)20)9(28)29-6(2)11(17,18)14(23,24)15(25,26)27/h6-8H,4-5H2,1-3H3. The van der Waals surface area contributed by atoms with Gasteiger partial charge in [-0.25, -0.2) is 22.0 Å². The predicted octanol–water partition coefficient (Wildman–Crippen LogP) is 5.80. The van der Waals surface area contributed by atoms with Crippen LogP contribution in [0.4, 0.5) is 52.7 Å². The Kier molecular flexibility index (Phi) is 6.29. The molecule has 0 aromatic rings. The van der Waals surface area contributed by atoms with E-state index in [9.17, 15) is 57.5 Å². The molecule has 1 fully saturated rings. The molecule has 172 valence electrons. The first-order valence-corrected chi connectivity index (χ1v) is 8.08. The lowest BCUT2D eigenvalue weighted by molar-refractivity contribution is -0.370. The lowest BCUT2D eigenvalue weighted by Gasteiger charge is -2.48. The van der Waals surface area contributed by atoms with Gasteiger partial charge in [0.15, 0.2) is 6.10 Å². The van der Waals surface area contributed by atoms with E-state index in [1.54, 1.807) is 0 Å². The zero-order chi connectivity index (χ0) is 23.4. The van der Waals surface area contributed by atoms with E-state index < -0.39 is 72.3 Å². The van der Waals surface area contributed by atoms with Crippen molar-refractivity contribution in [1.29, 1.82) is 0 Å². The minimum atomic E-state index is -6.78. The largest absolute Gasteiger partial charge is 0.460 e. The van der Waals surface area contributed by atoms with Crippen LogP contribution in [0.1, 0.15) is 33.6 Å². The number of esters is 1. The van der Waals surface area contributed by atoms with Crippen LogP contribution in [0.15, 0.2) is 0 Å². The highest BCUT2D eigenvalue weighted by Gasteiger charge is 2.78. The molecule has 0 aromatic carbocycles. The van der Waals surface area contributed by atoms with Gasteiger partial charge in [0.2, 0.25) is 5.67 Å². The predicted molar refractivity (Wildman–Crippen MR) is 72.8 cm³/mol. The van der Waals surface area contributed by atoms with Gasteiger partial charge in [-0.15, -0.1) is 0 Å². The topological polar surface area (TPSA) is 26.3 Å². The van der Waals surface area contributed by atoms with Crippen molar-refractivity contribution in [3.63, 3.8) is 0 Å². The zero-order valence-electron chi connectivity index (χ0n) is 15.0. The van der Waals surface area contributed by atoms with Crippen molar-refractivity contribution in [3.05, 3.63) is 0 Å². The number of rotatable bonds is 5. The number of halogens is 12. The van der Waals surface area contributed by atoms with Crippen LogP contribution in [0.5, 0.6) is 0 Å². The quantitative estimate of drug-likeness (QED) is 0.387. The first kappa shape index (κ1) is 25.7. The fourth-order valence-electron chi connectivity index (χ4n) is 2.96. The Bertz CT molecular complexity index is 625. The molecule has 0 radical (unpaired) electrons. The molecule has 0 aromatic heterocycles. The van der Waals surface area contributed by atoms with Crippen LogP contribution in [-0.4, -0.2) is 47.6 Å². The van der Waals surface area contributed by atoms with E-state index in [0.717, 1.165) is 6.92 Å². The maximum Gasteiger partial charge on any atom is 0.460 e. The van der Waals surface area contributed by atoms with Crippen molar-refractivity contribution in [2.24, 2.45) is 11.8 Å². The molecular formula is C15H16F12O2. The van der Waals surface area contributed by atoms with Gasteiger partial charge in [0.05, 0.1) is 0 Å². The van der Waals surface area contributed by atoms with Gasteiger partial charge in [0, 0.05) is 5.92 Å². The highest BCUT2D eigenvalue weighted by atomic mass is 19.4. The molecule has 0 aliphatic heterocycles. The molecular weight excluding hydrogens is 440 g/mol. The van der Waals surface area contributed by atoms with Crippen LogP contribution in [0.25, 0.3) is 0 Å². The third kappa shape index (κ3) is 3.64. The van der Waals surface area contributed by atoms with Gasteiger partial charge >= 0.3 is 24.0 Å². The molecule has 14 heteroatoms. The van der Waals surface area contributed by atoms with Crippen molar-refractivity contribution in [1.82, 2.24) is 0 Å². The second-order valence-electron chi connectivity index (χ2n) is 6.92. The van der Waals surface area contributed by atoms with Crippen molar-refractivity contribution < 1.29 is 62.2 Å². The third-order valence-electron chi connectivity index (χ3n) is 5.08. The molecule has 0 amide bonds. The molecule has 4 unspecified atom stereocenters. The van der Waals surface area contributed by atoms with Gasteiger partial charge in [-0.2, -0.15) is 30.7 Å². The Morgan fingerprint density at radius 2 is 1.45 bits per heavy atom. The summed E-state index contributed by atoms with van der Waals surface area (Å²) < 4.78 is 164. The number of hydrogen-bond acceptors (Lipinski definition) is 2. The second kappa shape index (κ2) is 7.10. The Labute approximate surface area is 156 Å².